The smallest absolute Gasteiger partial charge is 0.0630 e. The van der Waals surface area contributed by atoms with Crippen molar-refractivity contribution in [3.63, 3.8) is 0 Å². The Hall–Kier alpha value is -0.650. The first-order valence-corrected chi connectivity index (χ1v) is 4.94. The second-order valence-electron chi connectivity index (χ2n) is 2.21. The van der Waals surface area contributed by atoms with Crippen LogP contribution in [0.3, 0.4) is 0 Å². The summed E-state index contributed by atoms with van der Waals surface area (Å²) in [6.45, 7) is 0. The first kappa shape index (κ1) is 9.44. The average molecular weight is 198 g/mol. The van der Waals surface area contributed by atoms with Crippen molar-refractivity contribution >= 4 is 23.4 Å². The predicted molar refractivity (Wildman–Crippen MR) is 52.4 cm³/mol. The minimum Gasteiger partial charge on any atom is -0.198 e. The van der Waals surface area contributed by atoms with Crippen LogP contribution in [0.5, 0.6) is 0 Å². The fraction of sp³-hybridized carbons (Fsp3) is 0.222. The van der Waals surface area contributed by atoms with Gasteiger partial charge in [-0.15, -0.1) is 11.8 Å². The molecule has 0 saturated carbocycles. The van der Waals surface area contributed by atoms with Gasteiger partial charge >= 0.3 is 0 Å². The van der Waals surface area contributed by atoms with Gasteiger partial charge in [-0.05, 0) is 18.2 Å². The second kappa shape index (κ2) is 5.08. The zero-order valence-electron chi connectivity index (χ0n) is 6.46. The van der Waals surface area contributed by atoms with E-state index in [0.29, 0.717) is 6.42 Å². The lowest BCUT2D eigenvalue weighted by Crippen LogP contribution is -1.76. The third kappa shape index (κ3) is 3.17. The van der Waals surface area contributed by atoms with Crippen LogP contribution in [0.2, 0.25) is 5.02 Å². The molecule has 0 amide bonds. The van der Waals surface area contributed by atoms with E-state index >= 15 is 0 Å². The van der Waals surface area contributed by atoms with Crippen molar-refractivity contribution in [2.45, 2.75) is 11.3 Å². The predicted octanol–water partition coefficient (Wildman–Crippen LogP) is 3.35. The van der Waals surface area contributed by atoms with Gasteiger partial charge in [0.2, 0.25) is 0 Å². The molecule has 0 aromatic heterocycles. The molecule has 62 valence electrons. The lowest BCUT2D eigenvalue weighted by atomic mass is 10.4. The number of hydrogen-bond donors (Lipinski definition) is 0. The van der Waals surface area contributed by atoms with Crippen LogP contribution in [-0.4, -0.2) is 5.75 Å². The van der Waals surface area contributed by atoms with E-state index in [1.807, 2.05) is 24.3 Å². The van der Waals surface area contributed by atoms with Crippen molar-refractivity contribution in [2.75, 3.05) is 5.75 Å². The molecule has 1 rings (SSSR count). The van der Waals surface area contributed by atoms with Crippen LogP contribution in [0.1, 0.15) is 6.42 Å². The highest BCUT2D eigenvalue weighted by atomic mass is 35.5. The molecule has 0 bridgehead atoms. The molecule has 1 aromatic carbocycles. The molecule has 0 heterocycles. The van der Waals surface area contributed by atoms with Crippen LogP contribution in [0.25, 0.3) is 0 Å². The van der Waals surface area contributed by atoms with Crippen molar-refractivity contribution in [1.82, 2.24) is 0 Å². The fourth-order valence-corrected chi connectivity index (χ4v) is 1.84. The summed E-state index contributed by atoms with van der Waals surface area (Å²) in [5.41, 5.74) is 0. The summed E-state index contributed by atoms with van der Waals surface area (Å²) in [5, 5.41) is 9.06. The molecule has 0 unspecified atom stereocenters. The summed E-state index contributed by atoms with van der Waals surface area (Å²) in [4.78, 5) is 1.12. The molecule has 0 radical (unpaired) electrons. The molecule has 0 spiro atoms. The lowest BCUT2D eigenvalue weighted by Gasteiger charge is -1.97. The molecule has 0 saturated heterocycles. The minimum atomic E-state index is 0.581. The minimum absolute atomic E-state index is 0.581. The van der Waals surface area contributed by atoms with E-state index < -0.39 is 0 Å². The van der Waals surface area contributed by atoms with Crippen LogP contribution in [-0.2, 0) is 0 Å². The SMILES string of the molecule is N#CCCSc1cccc(Cl)c1. The quantitative estimate of drug-likeness (QED) is 0.548. The zero-order valence-corrected chi connectivity index (χ0v) is 8.03. The summed E-state index contributed by atoms with van der Waals surface area (Å²) < 4.78 is 0. The van der Waals surface area contributed by atoms with Gasteiger partial charge < -0.3 is 0 Å². The van der Waals surface area contributed by atoms with Gasteiger partial charge in [0.15, 0.2) is 0 Å². The van der Waals surface area contributed by atoms with E-state index in [4.69, 9.17) is 16.9 Å². The molecule has 1 aromatic rings. The van der Waals surface area contributed by atoms with Crippen molar-refractivity contribution in [2.24, 2.45) is 0 Å². The second-order valence-corrected chi connectivity index (χ2v) is 3.82. The maximum atomic E-state index is 8.31. The average Bonchev–Trinajstić information content (AvgIpc) is 2.05. The van der Waals surface area contributed by atoms with Gasteiger partial charge in [0.1, 0.15) is 0 Å². The molecule has 0 aliphatic carbocycles. The third-order valence-corrected chi connectivity index (χ3v) is 2.51. The van der Waals surface area contributed by atoms with E-state index in [1.165, 1.54) is 0 Å². The number of nitrogens with zero attached hydrogens (tertiary/aromatic N) is 1. The maximum Gasteiger partial charge on any atom is 0.0630 e. The number of thioether (sulfide) groups is 1. The molecular weight excluding hydrogens is 190 g/mol. The number of benzene rings is 1. The Morgan fingerprint density at radius 1 is 1.50 bits per heavy atom. The molecule has 0 N–H and O–H groups in total. The molecule has 12 heavy (non-hydrogen) atoms. The zero-order chi connectivity index (χ0) is 8.81. The first-order chi connectivity index (χ1) is 5.83. The molecule has 0 aliphatic heterocycles. The summed E-state index contributed by atoms with van der Waals surface area (Å²) in [7, 11) is 0. The van der Waals surface area contributed by atoms with E-state index in [0.717, 1.165) is 15.7 Å². The van der Waals surface area contributed by atoms with Crippen LogP contribution in [0.15, 0.2) is 29.2 Å². The van der Waals surface area contributed by atoms with Gasteiger partial charge in [-0.25, -0.2) is 0 Å². The standard InChI is InChI=1S/C9H8ClNS/c10-8-3-1-4-9(7-8)12-6-2-5-11/h1,3-4,7H,2,6H2. The van der Waals surface area contributed by atoms with Gasteiger partial charge in [0.25, 0.3) is 0 Å². The molecule has 3 heteroatoms. The fourth-order valence-electron chi connectivity index (χ4n) is 0.771. The Labute approximate surface area is 81.3 Å². The van der Waals surface area contributed by atoms with Gasteiger partial charge in [0, 0.05) is 22.1 Å². The topological polar surface area (TPSA) is 23.8 Å². The Morgan fingerprint density at radius 3 is 3.00 bits per heavy atom. The molecule has 0 atom stereocenters. The third-order valence-electron chi connectivity index (χ3n) is 1.28. The summed E-state index contributed by atoms with van der Waals surface area (Å²) in [6.07, 6.45) is 0.581. The van der Waals surface area contributed by atoms with E-state index in [2.05, 4.69) is 6.07 Å². The summed E-state index contributed by atoms with van der Waals surface area (Å²) in [6, 6.07) is 9.76. The number of hydrogen-bond acceptors (Lipinski definition) is 2. The first-order valence-electron chi connectivity index (χ1n) is 3.58. The number of nitriles is 1. The van der Waals surface area contributed by atoms with Gasteiger partial charge in [0.05, 0.1) is 6.07 Å². The van der Waals surface area contributed by atoms with Crippen LogP contribution >= 0.6 is 23.4 Å². The highest BCUT2D eigenvalue weighted by molar-refractivity contribution is 7.99. The maximum absolute atomic E-state index is 8.31. The van der Waals surface area contributed by atoms with Crippen molar-refractivity contribution in [3.8, 4) is 6.07 Å². The Kier molecular flexibility index (Phi) is 3.99. The largest absolute Gasteiger partial charge is 0.198 e. The highest BCUT2D eigenvalue weighted by Crippen LogP contribution is 2.21. The van der Waals surface area contributed by atoms with Crippen molar-refractivity contribution < 1.29 is 0 Å². The lowest BCUT2D eigenvalue weighted by molar-refractivity contribution is 1.23. The van der Waals surface area contributed by atoms with E-state index in [9.17, 15) is 0 Å². The number of rotatable bonds is 3. The van der Waals surface area contributed by atoms with Gasteiger partial charge in [-0.2, -0.15) is 5.26 Å². The molecule has 1 nitrogen and oxygen atoms in total. The summed E-state index contributed by atoms with van der Waals surface area (Å²) >= 11 is 7.43. The van der Waals surface area contributed by atoms with Gasteiger partial charge in [-0.3, -0.25) is 0 Å². The summed E-state index contributed by atoms with van der Waals surface area (Å²) in [5.74, 6) is 0.830. The van der Waals surface area contributed by atoms with E-state index in [1.54, 1.807) is 11.8 Å². The van der Waals surface area contributed by atoms with Crippen LogP contribution in [0.4, 0.5) is 0 Å². The Balaban J connectivity index is 2.48. The Morgan fingerprint density at radius 2 is 2.33 bits per heavy atom. The Bertz CT molecular complexity index is 293. The highest BCUT2D eigenvalue weighted by Gasteiger charge is 1.93. The molecule has 0 aliphatic rings. The van der Waals surface area contributed by atoms with Crippen molar-refractivity contribution in [3.05, 3.63) is 29.3 Å². The van der Waals surface area contributed by atoms with Crippen molar-refractivity contribution in [1.29, 1.82) is 5.26 Å². The van der Waals surface area contributed by atoms with E-state index in [-0.39, 0.29) is 0 Å². The normalized spacial score (nSPS) is 9.33. The van der Waals surface area contributed by atoms with Crippen LogP contribution < -0.4 is 0 Å². The van der Waals surface area contributed by atoms with Gasteiger partial charge in [-0.1, -0.05) is 17.7 Å². The monoisotopic (exact) mass is 197 g/mol. The van der Waals surface area contributed by atoms with Crippen LogP contribution in [0, 0.1) is 11.3 Å². The number of halogens is 1. The molecule has 0 fully saturated rings. The molecular formula is C9H8ClNS.